The highest BCUT2D eigenvalue weighted by atomic mass is 35.5. The molecule has 3 heteroatoms. The Morgan fingerprint density at radius 1 is 1.50 bits per heavy atom. The maximum atomic E-state index is 6.23. The highest BCUT2D eigenvalue weighted by molar-refractivity contribution is 6.31. The summed E-state index contributed by atoms with van der Waals surface area (Å²) < 4.78 is 6.23. The van der Waals surface area contributed by atoms with E-state index in [0.29, 0.717) is 12.0 Å². The fourth-order valence-electron chi connectivity index (χ4n) is 2.55. The van der Waals surface area contributed by atoms with Crippen molar-refractivity contribution >= 4 is 11.6 Å². The van der Waals surface area contributed by atoms with Gasteiger partial charge in [-0.15, -0.1) is 0 Å². The van der Waals surface area contributed by atoms with Crippen LogP contribution in [0.3, 0.4) is 0 Å². The Bertz CT molecular complexity index is 388. The van der Waals surface area contributed by atoms with E-state index >= 15 is 0 Å². The molecular weight excluding hydrogens is 246 g/mol. The van der Waals surface area contributed by atoms with E-state index in [4.69, 9.17) is 16.3 Å². The number of nitrogens with one attached hydrogen (secondary N) is 1. The Hall–Kier alpha value is -0.730. The van der Waals surface area contributed by atoms with Crippen molar-refractivity contribution in [3.8, 4) is 5.75 Å². The SMILES string of the molecule is CCC[C@H](Oc1cccc(Cl)c1C)C1CCNC1. The lowest BCUT2D eigenvalue weighted by molar-refractivity contribution is 0.131. The van der Waals surface area contributed by atoms with Crippen molar-refractivity contribution in [3.63, 3.8) is 0 Å². The van der Waals surface area contributed by atoms with Gasteiger partial charge in [0.25, 0.3) is 0 Å². The zero-order chi connectivity index (χ0) is 13.0. The largest absolute Gasteiger partial charge is 0.490 e. The molecular formula is C15H22ClNO. The van der Waals surface area contributed by atoms with E-state index in [0.717, 1.165) is 42.3 Å². The molecule has 0 saturated carbocycles. The summed E-state index contributed by atoms with van der Waals surface area (Å²) in [6.45, 7) is 6.42. The quantitative estimate of drug-likeness (QED) is 0.876. The third-order valence-corrected chi connectivity index (χ3v) is 4.10. The van der Waals surface area contributed by atoms with E-state index in [9.17, 15) is 0 Å². The maximum absolute atomic E-state index is 6.23. The minimum absolute atomic E-state index is 0.308. The summed E-state index contributed by atoms with van der Waals surface area (Å²) in [5.41, 5.74) is 1.05. The maximum Gasteiger partial charge on any atom is 0.124 e. The number of benzene rings is 1. The normalized spacial score (nSPS) is 20.9. The van der Waals surface area contributed by atoms with Gasteiger partial charge in [-0.2, -0.15) is 0 Å². The Kier molecular flexibility index (Phi) is 4.90. The van der Waals surface area contributed by atoms with Crippen LogP contribution >= 0.6 is 11.6 Å². The highest BCUT2D eigenvalue weighted by Gasteiger charge is 2.26. The Morgan fingerprint density at radius 3 is 3.00 bits per heavy atom. The van der Waals surface area contributed by atoms with Gasteiger partial charge in [0.1, 0.15) is 11.9 Å². The zero-order valence-electron chi connectivity index (χ0n) is 11.2. The Labute approximate surface area is 115 Å². The molecule has 100 valence electrons. The monoisotopic (exact) mass is 267 g/mol. The van der Waals surface area contributed by atoms with E-state index in [2.05, 4.69) is 12.2 Å². The lowest BCUT2D eigenvalue weighted by Crippen LogP contribution is -2.29. The predicted molar refractivity (Wildman–Crippen MR) is 76.5 cm³/mol. The molecule has 1 N–H and O–H groups in total. The predicted octanol–water partition coefficient (Wildman–Crippen LogP) is 3.81. The molecule has 0 aromatic heterocycles. The molecule has 1 aromatic carbocycles. The summed E-state index contributed by atoms with van der Waals surface area (Å²) in [5, 5.41) is 4.20. The molecule has 1 unspecified atom stereocenters. The Morgan fingerprint density at radius 2 is 2.33 bits per heavy atom. The first-order chi connectivity index (χ1) is 8.72. The van der Waals surface area contributed by atoms with Gasteiger partial charge in [-0.1, -0.05) is 31.0 Å². The second-order valence-corrected chi connectivity index (χ2v) is 5.47. The average Bonchev–Trinajstić information content (AvgIpc) is 2.88. The van der Waals surface area contributed by atoms with Crippen LogP contribution in [-0.2, 0) is 0 Å². The number of rotatable bonds is 5. The molecule has 1 saturated heterocycles. The first-order valence-electron chi connectivity index (χ1n) is 6.85. The molecule has 1 aliphatic heterocycles. The number of hydrogen-bond donors (Lipinski definition) is 1. The smallest absolute Gasteiger partial charge is 0.124 e. The summed E-state index contributed by atoms with van der Waals surface area (Å²) >= 11 is 6.14. The van der Waals surface area contributed by atoms with Gasteiger partial charge < -0.3 is 10.1 Å². The first kappa shape index (κ1) is 13.7. The van der Waals surface area contributed by atoms with Gasteiger partial charge >= 0.3 is 0 Å². The van der Waals surface area contributed by atoms with Crippen molar-refractivity contribution < 1.29 is 4.74 Å². The summed E-state index contributed by atoms with van der Waals surface area (Å²) in [6.07, 6.45) is 3.78. The van der Waals surface area contributed by atoms with Crippen LogP contribution < -0.4 is 10.1 Å². The van der Waals surface area contributed by atoms with Crippen molar-refractivity contribution in [2.24, 2.45) is 5.92 Å². The molecule has 0 bridgehead atoms. The number of ether oxygens (including phenoxy) is 1. The van der Waals surface area contributed by atoms with E-state index < -0.39 is 0 Å². The molecule has 2 nitrogen and oxygen atoms in total. The first-order valence-corrected chi connectivity index (χ1v) is 7.22. The van der Waals surface area contributed by atoms with Gasteiger partial charge in [0.15, 0.2) is 0 Å². The van der Waals surface area contributed by atoms with Gasteiger partial charge in [-0.25, -0.2) is 0 Å². The Balaban J connectivity index is 2.10. The third kappa shape index (κ3) is 3.18. The van der Waals surface area contributed by atoms with Crippen molar-refractivity contribution in [3.05, 3.63) is 28.8 Å². The summed E-state index contributed by atoms with van der Waals surface area (Å²) in [6, 6.07) is 5.89. The average molecular weight is 268 g/mol. The van der Waals surface area contributed by atoms with Crippen molar-refractivity contribution in [1.29, 1.82) is 0 Å². The van der Waals surface area contributed by atoms with Crippen LogP contribution in [0.2, 0.25) is 5.02 Å². The van der Waals surface area contributed by atoms with Gasteiger partial charge in [0.05, 0.1) is 0 Å². The third-order valence-electron chi connectivity index (χ3n) is 3.69. The molecule has 0 amide bonds. The molecule has 1 aliphatic rings. The standard InChI is InChI=1S/C15H22ClNO/c1-3-5-15(12-8-9-17-10-12)18-14-7-4-6-13(16)11(14)2/h4,6-7,12,15,17H,3,5,8-10H2,1-2H3/t12?,15-/m0/s1. The van der Waals surface area contributed by atoms with Crippen LogP contribution in [0.25, 0.3) is 0 Å². The van der Waals surface area contributed by atoms with E-state index in [1.807, 2.05) is 25.1 Å². The van der Waals surface area contributed by atoms with E-state index in [1.165, 1.54) is 6.42 Å². The number of halogens is 1. The molecule has 1 aromatic rings. The molecule has 2 rings (SSSR count). The molecule has 1 fully saturated rings. The van der Waals surface area contributed by atoms with Gasteiger partial charge in [0.2, 0.25) is 0 Å². The van der Waals surface area contributed by atoms with Gasteiger partial charge in [-0.3, -0.25) is 0 Å². The molecule has 0 aliphatic carbocycles. The van der Waals surface area contributed by atoms with E-state index in [-0.39, 0.29) is 0 Å². The lowest BCUT2D eigenvalue weighted by Gasteiger charge is -2.25. The van der Waals surface area contributed by atoms with Crippen LogP contribution in [0.1, 0.15) is 31.7 Å². The molecule has 0 spiro atoms. The minimum atomic E-state index is 0.308. The summed E-state index contributed by atoms with van der Waals surface area (Å²) in [7, 11) is 0. The topological polar surface area (TPSA) is 21.3 Å². The fraction of sp³-hybridized carbons (Fsp3) is 0.600. The lowest BCUT2D eigenvalue weighted by atomic mass is 9.97. The van der Waals surface area contributed by atoms with Crippen molar-refractivity contribution in [2.75, 3.05) is 13.1 Å². The van der Waals surface area contributed by atoms with E-state index in [1.54, 1.807) is 0 Å². The van der Waals surface area contributed by atoms with Crippen molar-refractivity contribution in [2.45, 2.75) is 39.2 Å². The van der Waals surface area contributed by atoms with Crippen LogP contribution in [0, 0.1) is 12.8 Å². The van der Waals surface area contributed by atoms with Gasteiger partial charge in [-0.05, 0) is 38.4 Å². The second kappa shape index (κ2) is 6.44. The zero-order valence-corrected chi connectivity index (χ0v) is 12.0. The van der Waals surface area contributed by atoms with Gasteiger partial charge in [0, 0.05) is 23.0 Å². The summed E-state index contributed by atoms with van der Waals surface area (Å²) in [4.78, 5) is 0. The van der Waals surface area contributed by atoms with Crippen LogP contribution in [-0.4, -0.2) is 19.2 Å². The van der Waals surface area contributed by atoms with Crippen molar-refractivity contribution in [1.82, 2.24) is 5.32 Å². The molecule has 18 heavy (non-hydrogen) atoms. The molecule has 0 radical (unpaired) electrons. The highest BCUT2D eigenvalue weighted by Crippen LogP contribution is 2.29. The second-order valence-electron chi connectivity index (χ2n) is 5.06. The minimum Gasteiger partial charge on any atom is -0.490 e. The van der Waals surface area contributed by atoms with Crippen LogP contribution in [0.15, 0.2) is 18.2 Å². The van der Waals surface area contributed by atoms with Crippen LogP contribution in [0.4, 0.5) is 0 Å². The fourth-order valence-corrected chi connectivity index (χ4v) is 2.71. The number of hydrogen-bond acceptors (Lipinski definition) is 2. The van der Waals surface area contributed by atoms with Crippen LogP contribution in [0.5, 0.6) is 5.75 Å². The molecule has 1 heterocycles. The summed E-state index contributed by atoms with van der Waals surface area (Å²) in [5.74, 6) is 1.57. The molecule has 2 atom stereocenters.